The number of nitrogens with one attached hydrogen (secondary N) is 1. The molecule has 31 heavy (non-hydrogen) atoms. The van der Waals surface area contributed by atoms with Gasteiger partial charge in [-0.2, -0.15) is 5.26 Å². The van der Waals surface area contributed by atoms with Crippen molar-refractivity contribution in [1.29, 1.82) is 5.26 Å². The van der Waals surface area contributed by atoms with Gasteiger partial charge in [-0.25, -0.2) is 0 Å². The highest BCUT2D eigenvalue weighted by atomic mass is 127. The van der Waals surface area contributed by atoms with Crippen LogP contribution in [-0.2, 0) is 11.4 Å². The predicted molar refractivity (Wildman–Crippen MR) is 133 cm³/mol. The largest absolute Gasteiger partial charge is 0.493 e. The van der Waals surface area contributed by atoms with Crippen molar-refractivity contribution in [1.82, 2.24) is 0 Å². The molecule has 0 radical (unpaired) electrons. The number of hydrogen-bond acceptors (Lipinski definition) is 4. The van der Waals surface area contributed by atoms with Crippen LogP contribution < -0.4 is 14.8 Å². The number of carbonyl (C=O) groups excluding carboxylic acids is 1. The normalized spacial score (nSPS) is 10.8. The van der Waals surface area contributed by atoms with Crippen LogP contribution in [-0.4, -0.2) is 13.0 Å². The number of nitriles is 1. The Balaban J connectivity index is 1.81. The van der Waals surface area contributed by atoms with E-state index in [1.165, 1.54) is 6.08 Å². The Kier molecular flexibility index (Phi) is 8.09. The van der Waals surface area contributed by atoms with Gasteiger partial charge in [-0.1, -0.05) is 30.3 Å². The molecule has 0 bridgehead atoms. The smallest absolute Gasteiger partial charge is 0.266 e. The molecule has 0 aliphatic rings. The number of methoxy groups -OCH3 is 1. The van der Waals surface area contributed by atoms with Gasteiger partial charge >= 0.3 is 0 Å². The van der Waals surface area contributed by atoms with Crippen molar-refractivity contribution in [3.8, 4) is 17.6 Å². The van der Waals surface area contributed by atoms with E-state index in [0.717, 1.165) is 9.13 Å². The Morgan fingerprint density at radius 1 is 1.16 bits per heavy atom. The number of rotatable bonds is 7. The molecular formula is C24H18BrIN2O3. The predicted octanol–water partition coefficient (Wildman–Crippen LogP) is 6.19. The highest BCUT2D eigenvalue weighted by Crippen LogP contribution is 2.37. The van der Waals surface area contributed by atoms with Gasteiger partial charge in [-0.05, 0) is 92.1 Å². The molecule has 1 N–H and O–H groups in total. The summed E-state index contributed by atoms with van der Waals surface area (Å²) in [6.45, 7) is 0.382. The zero-order chi connectivity index (χ0) is 22.2. The molecule has 3 aromatic rings. The van der Waals surface area contributed by atoms with Crippen LogP contribution in [0.4, 0.5) is 5.69 Å². The van der Waals surface area contributed by atoms with E-state index in [4.69, 9.17) is 9.47 Å². The second-order valence-electron chi connectivity index (χ2n) is 6.44. The van der Waals surface area contributed by atoms with E-state index >= 15 is 0 Å². The lowest BCUT2D eigenvalue weighted by atomic mass is 10.1. The molecule has 1 amide bonds. The molecule has 3 rings (SSSR count). The average molecular weight is 589 g/mol. The average Bonchev–Trinajstić information content (AvgIpc) is 2.78. The summed E-state index contributed by atoms with van der Waals surface area (Å²) in [5.41, 5.74) is 2.25. The van der Waals surface area contributed by atoms with E-state index in [1.54, 1.807) is 31.4 Å². The molecule has 7 heteroatoms. The summed E-state index contributed by atoms with van der Waals surface area (Å²) in [5, 5.41) is 12.2. The van der Waals surface area contributed by atoms with Gasteiger partial charge in [0.1, 0.15) is 18.2 Å². The quantitative estimate of drug-likeness (QED) is 0.203. The zero-order valence-corrected chi connectivity index (χ0v) is 20.3. The molecule has 0 heterocycles. The summed E-state index contributed by atoms with van der Waals surface area (Å²) in [7, 11) is 1.54. The van der Waals surface area contributed by atoms with Crippen molar-refractivity contribution >= 4 is 56.2 Å². The molecule has 0 unspecified atom stereocenters. The number of ether oxygens (including phenoxy) is 2. The topological polar surface area (TPSA) is 71.3 Å². The van der Waals surface area contributed by atoms with E-state index in [0.29, 0.717) is 33.8 Å². The van der Waals surface area contributed by atoms with Crippen LogP contribution in [0.25, 0.3) is 6.08 Å². The van der Waals surface area contributed by atoms with Gasteiger partial charge in [0, 0.05) is 9.26 Å². The fourth-order valence-corrected chi connectivity index (χ4v) is 3.67. The van der Waals surface area contributed by atoms with E-state index in [2.05, 4.69) is 43.8 Å². The highest BCUT2D eigenvalue weighted by Gasteiger charge is 2.14. The fraction of sp³-hybridized carbons (Fsp3) is 0.0833. The Labute approximate surface area is 203 Å². The highest BCUT2D eigenvalue weighted by molar-refractivity contribution is 14.1. The third-order valence-corrected chi connectivity index (χ3v) is 5.56. The van der Waals surface area contributed by atoms with E-state index in [-0.39, 0.29) is 5.57 Å². The van der Waals surface area contributed by atoms with Crippen LogP contribution in [0.15, 0.2) is 76.8 Å². The molecular weight excluding hydrogens is 571 g/mol. The first-order valence-electron chi connectivity index (χ1n) is 9.23. The summed E-state index contributed by atoms with van der Waals surface area (Å²) in [6, 6.07) is 22.6. The Bertz CT molecular complexity index is 1140. The van der Waals surface area contributed by atoms with Gasteiger partial charge in [0.2, 0.25) is 0 Å². The van der Waals surface area contributed by atoms with Crippen LogP contribution in [0.5, 0.6) is 11.5 Å². The van der Waals surface area contributed by atoms with E-state index < -0.39 is 5.91 Å². The number of halogens is 2. The maximum atomic E-state index is 12.5. The molecule has 0 atom stereocenters. The molecule has 0 aromatic heterocycles. The zero-order valence-electron chi connectivity index (χ0n) is 16.6. The first-order valence-corrected chi connectivity index (χ1v) is 11.1. The molecule has 5 nitrogen and oxygen atoms in total. The Morgan fingerprint density at radius 2 is 1.87 bits per heavy atom. The van der Waals surface area contributed by atoms with E-state index in [1.807, 2.05) is 48.5 Å². The van der Waals surface area contributed by atoms with Crippen molar-refractivity contribution in [2.75, 3.05) is 12.4 Å². The maximum absolute atomic E-state index is 12.5. The first-order chi connectivity index (χ1) is 15.0. The summed E-state index contributed by atoms with van der Waals surface area (Å²) in [5.74, 6) is 0.556. The van der Waals surface area contributed by atoms with Crippen molar-refractivity contribution in [3.63, 3.8) is 0 Å². The summed E-state index contributed by atoms with van der Waals surface area (Å²) >= 11 is 5.69. The van der Waals surface area contributed by atoms with Crippen molar-refractivity contribution in [2.45, 2.75) is 6.61 Å². The summed E-state index contributed by atoms with van der Waals surface area (Å²) in [4.78, 5) is 12.5. The van der Waals surface area contributed by atoms with Gasteiger partial charge in [0.15, 0.2) is 11.5 Å². The monoisotopic (exact) mass is 588 g/mol. The van der Waals surface area contributed by atoms with Gasteiger partial charge in [0.05, 0.1) is 11.6 Å². The van der Waals surface area contributed by atoms with Gasteiger partial charge in [-0.15, -0.1) is 0 Å². The van der Waals surface area contributed by atoms with Crippen LogP contribution in [0, 0.1) is 14.9 Å². The minimum Gasteiger partial charge on any atom is -0.493 e. The number of anilines is 1. The maximum Gasteiger partial charge on any atom is 0.266 e. The van der Waals surface area contributed by atoms with E-state index in [9.17, 15) is 10.1 Å². The molecule has 156 valence electrons. The number of carbonyl (C=O) groups is 1. The molecule has 0 aliphatic heterocycles. The van der Waals surface area contributed by atoms with Gasteiger partial charge in [-0.3, -0.25) is 4.79 Å². The number of benzene rings is 3. The molecule has 0 saturated heterocycles. The standard InChI is InChI=1S/C24H18BrIN2O3/c1-30-22-13-17(12-21(25)23(22)31-15-16-5-3-2-4-6-16)11-18(14-27)24(29)28-20-9-7-19(26)8-10-20/h2-13H,15H2,1H3,(H,28,29)/b18-11-. The minimum absolute atomic E-state index is 0.0227. The minimum atomic E-state index is -0.483. The molecule has 0 saturated carbocycles. The fourth-order valence-electron chi connectivity index (χ4n) is 2.74. The lowest BCUT2D eigenvalue weighted by molar-refractivity contribution is -0.112. The molecule has 0 aliphatic carbocycles. The van der Waals surface area contributed by atoms with Crippen molar-refractivity contribution in [3.05, 3.63) is 91.5 Å². The molecule has 0 fully saturated rings. The number of amides is 1. The molecule has 0 spiro atoms. The van der Waals surface area contributed by atoms with Gasteiger partial charge in [0.25, 0.3) is 5.91 Å². The third-order valence-electron chi connectivity index (χ3n) is 4.26. The lowest BCUT2D eigenvalue weighted by Crippen LogP contribution is -2.13. The Morgan fingerprint density at radius 3 is 2.52 bits per heavy atom. The number of hydrogen-bond donors (Lipinski definition) is 1. The van der Waals surface area contributed by atoms with Crippen LogP contribution >= 0.6 is 38.5 Å². The number of nitrogens with zero attached hydrogens (tertiary/aromatic N) is 1. The second kappa shape index (κ2) is 11.0. The Hall–Kier alpha value is -2.83. The van der Waals surface area contributed by atoms with Crippen LogP contribution in [0.2, 0.25) is 0 Å². The van der Waals surface area contributed by atoms with Crippen molar-refractivity contribution in [2.24, 2.45) is 0 Å². The first kappa shape index (κ1) is 22.8. The van der Waals surface area contributed by atoms with Crippen molar-refractivity contribution < 1.29 is 14.3 Å². The molecule has 3 aromatic carbocycles. The summed E-state index contributed by atoms with van der Waals surface area (Å²) < 4.78 is 13.1. The SMILES string of the molecule is COc1cc(/C=C(/C#N)C(=O)Nc2ccc(I)cc2)cc(Br)c1OCc1ccccc1. The van der Waals surface area contributed by atoms with Gasteiger partial charge < -0.3 is 14.8 Å². The van der Waals surface area contributed by atoms with Crippen LogP contribution in [0.3, 0.4) is 0 Å². The second-order valence-corrected chi connectivity index (χ2v) is 8.54. The summed E-state index contributed by atoms with van der Waals surface area (Å²) in [6.07, 6.45) is 1.51. The third kappa shape index (κ3) is 6.32. The van der Waals surface area contributed by atoms with Crippen LogP contribution in [0.1, 0.15) is 11.1 Å². The lowest BCUT2D eigenvalue weighted by Gasteiger charge is -2.14.